The Morgan fingerprint density at radius 1 is 1.40 bits per heavy atom. The van der Waals surface area contributed by atoms with Gasteiger partial charge in [-0.15, -0.1) is 0 Å². The van der Waals surface area contributed by atoms with E-state index < -0.39 is 23.3 Å². The number of benzene rings is 1. The van der Waals surface area contributed by atoms with Crippen LogP contribution in [-0.4, -0.2) is 33.6 Å². The lowest BCUT2D eigenvalue weighted by molar-refractivity contribution is 0.0922. The Morgan fingerprint density at radius 3 is 2.50 bits per heavy atom. The highest BCUT2D eigenvalue weighted by atomic mass is 80.0. The zero-order valence-electron chi connectivity index (χ0n) is 10.3. The fourth-order valence-corrected chi connectivity index (χ4v) is 3.78. The van der Waals surface area contributed by atoms with Gasteiger partial charge in [0.15, 0.2) is 0 Å². The highest BCUT2D eigenvalue weighted by molar-refractivity contribution is 9.42. The molecule has 1 amide bonds. The van der Waals surface area contributed by atoms with E-state index >= 15 is 0 Å². The SMILES string of the molecule is CC(CO)NC(=O)c1cccc(S(=O)(=O)C(Br)(Br)Br)c1. The zero-order valence-corrected chi connectivity index (χ0v) is 15.9. The van der Waals surface area contributed by atoms with Crippen molar-refractivity contribution >= 4 is 63.5 Å². The van der Waals surface area contributed by atoms with Crippen LogP contribution in [0.3, 0.4) is 0 Å². The third kappa shape index (κ3) is 4.27. The van der Waals surface area contributed by atoms with Gasteiger partial charge in [0.05, 0.1) is 11.5 Å². The van der Waals surface area contributed by atoms with Crippen LogP contribution >= 0.6 is 47.8 Å². The van der Waals surface area contributed by atoms with Gasteiger partial charge in [-0.2, -0.15) is 0 Å². The van der Waals surface area contributed by atoms with Gasteiger partial charge in [0.1, 0.15) is 0 Å². The Labute approximate surface area is 142 Å². The number of nitrogens with one attached hydrogen (secondary N) is 1. The first-order chi connectivity index (χ1) is 9.09. The maximum Gasteiger partial charge on any atom is 0.251 e. The van der Waals surface area contributed by atoms with Crippen LogP contribution in [0.5, 0.6) is 0 Å². The summed E-state index contributed by atoms with van der Waals surface area (Å²) in [5, 5.41) is 11.4. The second-order valence-electron chi connectivity index (χ2n) is 4.03. The maximum absolute atomic E-state index is 12.2. The van der Waals surface area contributed by atoms with Gasteiger partial charge in [0.2, 0.25) is 11.3 Å². The van der Waals surface area contributed by atoms with Crippen LogP contribution in [0.1, 0.15) is 17.3 Å². The third-order valence-electron chi connectivity index (χ3n) is 2.36. The summed E-state index contributed by atoms with van der Waals surface area (Å²) in [6, 6.07) is 5.22. The molecular weight excluding hydrogens is 482 g/mol. The molecule has 0 saturated heterocycles. The van der Waals surface area contributed by atoms with Crippen LogP contribution in [0.2, 0.25) is 0 Å². The maximum atomic E-state index is 12.2. The molecular formula is C11H12Br3NO4S. The molecule has 1 atom stereocenters. The minimum absolute atomic E-state index is 0.0209. The molecule has 0 aromatic heterocycles. The summed E-state index contributed by atoms with van der Waals surface area (Å²) in [5.41, 5.74) is 0.197. The number of rotatable bonds is 4. The Morgan fingerprint density at radius 2 is 2.00 bits per heavy atom. The van der Waals surface area contributed by atoms with E-state index in [0.717, 1.165) is 0 Å². The van der Waals surface area contributed by atoms with Crippen molar-refractivity contribution < 1.29 is 18.3 Å². The van der Waals surface area contributed by atoms with Crippen molar-refractivity contribution in [2.75, 3.05) is 6.61 Å². The number of carbonyl (C=O) groups excluding carboxylic acids is 1. The molecule has 5 nitrogen and oxygen atoms in total. The standard InChI is InChI=1S/C11H12Br3NO4S/c1-7(6-16)15-10(17)8-3-2-4-9(5-8)20(18,19)11(12,13)14/h2-5,7,16H,6H2,1H3,(H,15,17). The molecule has 0 heterocycles. The topological polar surface area (TPSA) is 83.5 Å². The molecule has 1 aromatic rings. The number of hydrogen-bond acceptors (Lipinski definition) is 4. The molecule has 0 saturated carbocycles. The van der Waals surface area contributed by atoms with Gasteiger partial charge in [0, 0.05) is 11.6 Å². The normalized spacial score (nSPS) is 13.8. The molecule has 112 valence electrons. The average Bonchev–Trinajstić information content (AvgIpc) is 2.37. The molecule has 0 aliphatic carbocycles. The first-order valence-electron chi connectivity index (χ1n) is 5.42. The van der Waals surface area contributed by atoms with E-state index in [2.05, 4.69) is 53.1 Å². The van der Waals surface area contributed by atoms with Crippen molar-refractivity contribution in [1.82, 2.24) is 5.32 Å². The number of hydrogen-bond donors (Lipinski definition) is 2. The average molecular weight is 494 g/mol. The number of halogens is 3. The van der Waals surface area contributed by atoms with Gasteiger partial charge in [-0.25, -0.2) is 8.42 Å². The smallest absolute Gasteiger partial charge is 0.251 e. The molecule has 9 heteroatoms. The molecule has 0 aliphatic heterocycles. The van der Waals surface area contributed by atoms with Crippen LogP contribution in [-0.2, 0) is 9.84 Å². The Balaban J connectivity index is 3.12. The number of carbonyl (C=O) groups is 1. The molecule has 0 fully saturated rings. The van der Waals surface area contributed by atoms with E-state index in [1.54, 1.807) is 6.92 Å². The van der Waals surface area contributed by atoms with E-state index in [4.69, 9.17) is 5.11 Å². The molecule has 0 bridgehead atoms. The largest absolute Gasteiger partial charge is 0.394 e. The Bertz CT molecular complexity index is 598. The van der Waals surface area contributed by atoms with Crippen molar-refractivity contribution in [3.8, 4) is 0 Å². The second-order valence-corrected chi connectivity index (χ2v) is 14.5. The van der Waals surface area contributed by atoms with Gasteiger partial charge in [0.25, 0.3) is 5.91 Å². The Kier molecular flexibility index (Phi) is 6.21. The lowest BCUT2D eigenvalue weighted by Gasteiger charge is -2.15. The van der Waals surface area contributed by atoms with E-state index in [-0.39, 0.29) is 17.1 Å². The number of aliphatic hydroxyl groups excluding tert-OH is 1. The van der Waals surface area contributed by atoms with Gasteiger partial charge in [-0.05, 0) is 72.9 Å². The predicted molar refractivity (Wildman–Crippen MR) is 87.2 cm³/mol. The van der Waals surface area contributed by atoms with Crippen LogP contribution < -0.4 is 5.32 Å². The monoisotopic (exact) mass is 491 g/mol. The summed E-state index contributed by atoms with van der Waals surface area (Å²) in [6.45, 7) is 1.44. The van der Waals surface area contributed by atoms with E-state index in [9.17, 15) is 13.2 Å². The summed E-state index contributed by atoms with van der Waals surface area (Å²) < 4.78 is 22.9. The minimum atomic E-state index is -3.75. The fourth-order valence-electron chi connectivity index (χ4n) is 1.29. The summed E-state index contributed by atoms with van der Waals surface area (Å²) in [6.07, 6.45) is 0. The summed E-state index contributed by atoms with van der Waals surface area (Å²) in [5.74, 6) is -0.451. The highest BCUT2D eigenvalue weighted by Crippen LogP contribution is 2.43. The first-order valence-corrected chi connectivity index (χ1v) is 9.29. The third-order valence-corrected chi connectivity index (χ3v) is 7.68. The Hall–Kier alpha value is 0.0400. The van der Waals surface area contributed by atoms with Crippen molar-refractivity contribution in [3.05, 3.63) is 29.8 Å². The van der Waals surface area contributed by atoms with Crippen molar-refractivity contribution in [2.45, 2.75) is 19.3 Å². The van der Waals surface area contributed by atoms with E-state index in [1.165, 1.54) is 24.3 Å². The lowest BCUT2D eigenvalue weighted by Crippen LogP contribution is -2.35. The molecule has 0 aliphatic rings. The van der Waals surface area contributed by atoms with Gasteiger partial charge >= 0.3 is 0 Å². The molecule has 0 radical (unpaired) electrons. The molecule has 1 rings (SSSR count). The number of aliphatic hydroxyl groups is 1. The number of amides is 1. The van der Waals surface area contributed by atoms with Crippen LogP contribution in [0, 0.1) is 0 Å². The van der Waals surface area contributed by atoms with Crippen molar-refractivity contribution in [2.24, 2.45) is 0 Å². The lowest BCUT2D eigenvalue weighted by atomic mass is 10.2. The van der Waals surface area contributed by atoms with Crippen molar-refractivity contribution in [1.29, 1.82) is 0 Å². The predicted octanol–water partition coefficient (Wildman–Crippen LogP) is 2.37. The number of sulfone groups is 1. The van der Waals surface area contributed by atoms with Gasteiger partial charge in [-0.1, -0.05) is 6.07 Å². The summed E-state index contributed by atoms with van der Waals surface area (Å²) in [4.78, 5) is 11.9. The molecule has 1 aromatic carbocycles. The van der Waals surface area contributed by atoms with E-state index in [1.807, 2.05) is 0 Å². The fraction of sp³-hybridized carbons (Fsp3) is 0.364. The highest BCUT2D eigenvalue weighted by Gasteiger charge is 2.37. The number of alkyl halides is 3. The van der Waals surface area contributed by atoms with Crippen LogP contribution in [0.25, 0.3) is 0 Å². The quantitative estimate of drug-likeness (QED) is 0.631. The molecule has 1 unspecified atom stereocenters. The second kappa shape index (κ2) is 6.87. The van der Waals surface area contributed by atoms with Crippen LogP contribution in [0.4, 0.5) is 0 Å². The van der Waals surface area contributed by atoms with Crippen LogP contribution in [0.15, 0.2) is 29.2 Å². The molecule has 2 N–H and O–H groups in total. The summed E-state index contributed by atoms with van der Waals surface area (Å²) in [7, 11) is -3.75. The molecule has 20 heavy (non-hydrogen) atoms. The van der Waals surface area contributed by atoms with Crippen molar-refractivity contribution in [3.63, 3.8) is 0 Å². The van der Waals surface area contributed by atoms with Gasteiger partial charge < -0.3 is 10.4 Å². The zero-order chi connectivity index (χ0) is 15.6. The summed E-state index contributed by atoms with van der Waals surface area (Å²) >= 11 is 8.88. The molecule has 0 spiro atoms. The minimum Gasteiger partial charge on any atom is -0.394 e. The van der Waals surface area contributed by atoms with E-state index in [0.29, 0.717) is 0 Å². The first kappa shape index (κ1) is 18.1. The van der Waals surface area contributed by atoms with Gasteiger partial charge in [-0.3, -0.25) is 4.79 Å².